The molecule has 3 fully saturated rings. The van der Waals surface area contributed by atoms with Gasteiger partial charge in [0.2, 0.25) is 10.0 Å². The van der Waals surface area contributed by atoms with Crippen molar-refractivity contribution in [3.8, 4) is 17.3 Å². The topological polar surface area (TPSA) is 119 Å². The summed E-state index contributed by atoms with van der Waals surface area (Å²) in [7, 11) is -4.31. The Kier molecular flexibility index (Phi) is 6.69. The predicted octanol–water partition coefficient (Wildman–Crippen LogP) is 4.05. The lowest BCUT2D eigenvalue weighted by molar-refractivity contribution is 0.0899. The summed E-state index contributed by atoms with van der Waals surface area (Å²) in [4.78, 5) is 9.11. The number of hydrogen-bond donors (Lipinski definition) is 0. The van der Waals surface area contributed by atoms with Crippen LogP contribution in [0.15, 0.2) is 31.0 Å². The van der Waals surface area contributed by atoms with Crippen molar-refractivity contribution in [3.05, 3.63) is 31.0 Å². The van der Waals surface area contributed by atoms with Crippen LogP contribution < -0.4 is 0 Å². The van der Waals surface area contributed by atoms with Gasteiger partial charge in [-0.25, -0.2) is 22.7 Å². The minimum absolute atomic E-state index is 0.176. The van der Waals surface area contributed by atoms with E-state index in [-0.39, 0.29) is 17.1 Å². The highest BCUT2D eigenvalue weighted by Gasteiger charge is 2.54. The van der Waals surface area contributed by atoms with Crippen molar-refractivity contribution >= 4 is 29.1 Å². The van der Waals surface area contributed by atoms with Gasteiger partial charge in [0.25, 0.3) is 0 Å². The van der Waals surface area contributed by atoms with Crippen molar-refractivity contribution in [3.63, 3.8) is 0 Å². The van der Waals surface area contributed by atoms with Crippen LogP contribution in [0, 0.1) is 23.2 Å². The molecule has 0 amide bonds. The fourth-order valence-electron chi connectivity index (χ4n) is 6.35. The van der Waals surface area contributed by atoms with E-state index in [2.05, 4.69) is 35.7 Å². The van der Waals surface area contributed by atoms with E-state index in [0.29, 0.717) is 26.2 Å². The molecule has 2 unspecified atom stereocenters. The number of ether oxygens (including phenoxy) is 1. The fourth-order valence-corrected chi connectivity index (χ4v) is 9.05. The Morgan fingerprint density at radius 2 is 1.92 bits per heavy atom. The lowest BCUT2D eigenvalue weighted by Gasteiger charge is -2.29. The number of hydrogen-bond acceptors (Lipinski definition) is 7. The zero-order valence-electron chi connectivity index (χ0n) is 23.0. The van der Waals surface area contributed by atoms with Crippen molar-refractivity contribution in [1.29, 1.82) is 5.26 Å². The van der Waals surface area contributed by atoms with E-state index in [4.69, 9.17) is 9.84 Å². The third-order valence-corrected chi connectivity index (χ3v) is 12.7. The van der Waals surface area contributed by atoms with Crippen molar-refractivity contribution in [2.45, 2.75) is 75.3 Å². The first-order valence-corrected chi connectivity index (χ1v) is 19.1. The van der Waals surface area contributed by atoms with Gasteiger partial charge in [0, 0.05) is 51.1 Å². The SMILES string of the molecule is C[Si](C)(C)CCOCn1ccc2c(-c3cnn(C4(CC#N)CC5CN(S(=O)(=O)C6CC6)CC5C4)c3)ncnc21. The zero-order chi connectivity index (χ0) is 27.4. The van der Waals surface area contributed by atoms with Gasteiger partial charge in [0.1, 0.15) is 18.7 Å². The highest BCUT2D eigenvalue weighted by molar-refractivity contribution is 7.90. The molecular weight excluding hydrogens is 530 g/mol. The van der Waals surface area contributed by atoms with Gasteiger partial charge in [-0.05, 0) is 49.6 Å². The molecule has 2 saturated carbocycles. The van der Waals surface area contributed by atoms with Gasteiger partial charge in [0.05, 0.1) is 35.2 Å². The van der Waals surface area contributed by atoms with Crippen molar-refractivity contribution in [2.75, 3.05) is 19.7 Å². The molecule has 4 heterocycles. The van der Waals surface area contributed by atoms with Crippen LogP contribution >= 0.6 is 0 Å². The van der Waals surface area contributed by atoms with Gasteiger partial charge in [-0.15, -0.1) is 0 Å². The van der Waals surface area contributed by atoms with Crippen molar-refractivity contribution in [1.82, 2.24) is 28.6 Å². The van der Waals surface area contributed by atoms with E-state index in [9.17, 15) is 13.7 Å². The molecule has 10 nitrogen and oxygen atoms in total. The molecule has 0 radical (unpaired) electrons. The lowest BCUT2D eigenvalue weighted by Crippen LogP contribution is -2.37. The molecule has 1 saturated heterocycles. The first-order valence-electron chi connectivity index (χ1n) is 13.9. The van der Waals surface area contributed by atoms with Crippen LogP contribution in [-0.2, 0) is 27.0 Å². The zero-order valence-corrected chi connectivity index (χ0v) is 24.8. The predicted molar refractivity (Wildman–Crippen MR) is 151 cm³/mol. The summed E-state index contributed by atoms with van der Waals surface area (Å²) >= 11 is 0. The molecular formula is C27H37N7O3SSi. The lowest BCUT2D eigenvalue weighted by atomic mass is 9.92. The first kappa shape index (κ1) is 26.6. The molecule has 39 heavy (non-hydrogen) atoms. The quantitative estimate of drug-likeness (QED) is 0.268. The average molecular weight is 568 g/mol. The van der Waals surface area contributed by atoms with E-state index in [1.54, 1.807) is 10.6 Å². The maximum atomic E-state index is 12.8. The Balaban J connectivity index is 1.20. The Bertz CT molecular complexity index is 1500. The Hall–Kier alpha value is -2.59. The van der Waals surface area contributed by atoms with Crippen LogP contribution in [0.3, 0.4) is 0 Å². The Morgan fingerprint density at radius 3 is 2.59 bits per heavy atom. The molecule has 2 atom stereocenters. The highest BCUT2D eigenvalue weighted by atomic mass is 32.2. The number of aromatic nitrogens is 5. The van der Waals surface area contributed by atoms with Crippen molar-refractivity contribution in [2.24, 2.45) is 11.8 Å². The minimum Gasteiger partial charge on any atom is -0.361 e. The fraction of sp³-hybridized carbons (Fsp3) is 0.630. The number of fused-ring (bicyclic) bond motifs is 2. The largest absolute Gasteiger partial charge is 0.361 e. The smallest absolute Gasteiger partial charge is 0.216 e. The molecule has 0 aromatic carbocycles. The van der Waals surface area contributed by atoms with E-state index in [1.807, 2.05) is 33.9 Å². The Morgan fingerprint density at radius 1 is 1.18 bits per heavy atom. The molecule has 12 heteroatoms. The average Bonchev–Trinajstić information content (AvgIpc) is 3.18. The summed E-state index contributed by atoms with van der Waals surface area (Å²) in [6, 6.07) is 5.53. The van der Waals surface area contributed by atoms with Gasteiger partial charge >= 0.3 is 0 Å². The summed E-state index contributed by atoms with van der Waals surface area (Å²) in [5.74, 6) is 0.500. The molecule has 3 aromatic heterocycles. The minimum atomic E-state index is -3.16. The van der Waals surface area contributed by atoms with Gasteiger partial charge in [-0.3, -0.25) is 4.68 Å². The van der Waals surface area contributed by atoms with E-state index < -0.39 is 23.6 Å². The third-order valence-electron chi connectivity index (χ3n) is 8.67. The summed E-state index contributed by atoms with van der Waals surface area (Å²) in [6.45, 7) is 9.34. The summed E-state index contributed by atoms with van der Waals surface area (Å²) in [5, 5.41) is 15.2. The molecule has 0 N–H and O–H groups in total. The second-order valence-corrected chi connectivity index (χ2v) is 20.6. The third kappa shape index (κ3) is 5.06. The Labute approximate surface area is 231 Å². The molecule has 0 bridgehead atoms. The number of sulfonamides is 1. The maximum Gasteiger partial charge on any atom is 0.216 e. The number of rotatable bonds is 10. The highest BCUT2D eigenvalue weighted by Crippen LogP contribution is 2.51. The normalized spacial score (nSPS) is 25.8. The van der Waals surface area contributed by atoms with E-state index >= 15 is 0 Å². The second kappa shape index (κ2) is 9.80. The van der Waals surface area contributed by atoms with Gasteiger partial charge < -0.3 is 9.30 Å². The molecule has 6 rings (SSSR count). The summed E-state index contributed by atoms with van der Waals surface area (Å²) in [6.07, 6.45) is 10.8. The maximum absolute atomic E-state index is 12.8. The van der Waals surface area contributed by atoms with Crippen molar-refractivity contribution < 1.29 is 13.2 Å². The molecule has 0 spiro atoms. The van der Waals surface area contributed by atoms with Crippen LogP contribution in [0.1, 0.15) is 32.1 Å². The van der Waals surface area contributed by atoms with Crippen LogP contribution in [0.25, 0.3) is 22.3 Å². The van der Waals surface area contributed by atoms with E-state index in [0.717, 1.165) is 60.6 Å². The number of nitriles is 1. The molecule has 3 aromatic rings. The van der Waals surface area contributed by atoms with Crippen LogP contribution in [-0.4, -0.2) is 70.1 Å². The summed E-state index contributed by atoms with van der Waals surface area (Å²) in [5.41, 5.74) is 2.08. The van der Waals surface area contributed by atoms with E-state index in [1.165, 1.54) is 0 Å². The van der Waals surface area contributed by atoms with Gasteiger partial charge in [0.15, 0.2) is 0 Å². The standard InChI is InChI=1S/C27H37N7O3SSi/c1-39(2,3)11-10-37-19-32-9-6-24-25(29-18-30-26(24)32)22-14-31-34(17-22)27(7-8-28)12-20-15-33(16-21(20)13-27)38(35,36)23-4-5-23/h6,9,14,17-18,20-21,23H,4-5,7,10-13,15-16,19H2,1-3H3. The molecule has 208 valence electrons. The first-order chi connectivity index (χ1) is 18.6. The molecule has 1 aliphatic heterocycles. The van der Waals surface area contributed by atoms with Gasteiger partial charge in [-0.2, -0.15) is 10.4 Å². The second-order valence-electron chi connectivity index (χ2n) is 12.8. The van der Waals surface area contributed by atoms with Crippen LogP contribution in [0.2, 0.25) is 25.7 Å². The summed E-state index contributed by atoms with van der Waals surface area (Å²) < 4.78 is 37.2. The monoisotopic (exact) mass is 567 g/mol. The van der Waals surface area contributed by atoms with Crippen LogP contribution in [0.5, 0.6) is 0 Å². The van der Waals surface area contributed by atoms with Gasteiger partial charge in [-0.1, -0.05) is 19.6 Å². The number of nitrogens with zero attached hydrogens (tertiary/aromatic N) is 7. The molecule has 2 aliphatic carbocycles. The molecule has 3 aliphatic rings. The van der Waals surface area contributed by atoms with Crippen LogP contribution in [0.4, 0.5) is 0 Å².